The van der Waals surface area contributed by atoms with Gasteiger partial charge in [0.1, 0.15) is 9.40 Å². The van der Waals surface area contributed by atoms with Crippen LogP contribution in [-0.4, -0.2) is 13.1 Å². The van der Waals surface area contributed by atoms with Gasteiger partial charge in [0.15, 0.2) is 13.1 Å². The number of hydrogen-bond donors (Lipinski definition) is 0. The number of aryl methyl sites for hydroxylation is 2. The summed E-state index contributed by atoms with van der Waals surface area (Å²) in [6.07, 6.45) is 26.3. The van der Waals surface area contributed by atoms with Gasteiger partial charge in [0, 0.05) is 60.0 Å². The topological polar surface area (TPSA) is 14.2 Å². The highest BCUT2D eigenvalue weighted by molar-refractivity contribution is 8.04. The Morgan fingerprint density at radius 2 is 0.828 bits per heavy atom. The third-order valence-electron chi connectivity index (χ3n) is 11.0. The molecule has 0 radical (unpaired) electrons. The van der Waals surface area contributed by atoms with E-state index in [9.17, 15) is 0 Å². The number of nitrogens with zero attached hydrogens (tertiary/aromatic N) is 4. The number of fused-ring (bicyclic) bond motifs is 12. The molecular formula is C48H50Br2N4S4. The fourth-order valence-electron chi connectivity index (χ4n) is 8.20. The van der Waals surface area contributed by atoms with Gasteiger partial charge in [0.25, 0.3) is 10.0 Å². The number of aromatic nitrogens is 2. The molecule has 9 rings (SSSR count). The van der Waals surface area contributed by atoms with Crippen LogP contribution in [-0.2, 0) is 13.1 Å². The summed E-state index contributed by atoms with van der Waals surface area (Å²) in [6, 6.07) is 35.7. The molecule has 4 aromatic carbocycles. The van der Waals surface area contributed by atoms with E-state index in [1.54, 1.807) is 0 Å². The standard InChI is InChI=1S/C48H50N4S4.2BrH/c1-3-15-33-49-37-21-7-11-25-41(37)53-45(49)29-19-31-47-51(39-23-9-13-27-43(39)55-47)35-17-5-2-6-18-36-52-40-24-10-14-28-44(40)56-48(52)32-20-30-46-50(34-16-4-1)38-22-8-12-26-42(38)54-46;;/h7-14,19-32H,1-6,15-18,33-36H2;2*1H/q+2;;/p-2. The Morgan fingerprint density at radius 3 is 1.31 bits per heavy atom. The summed E-state index contributed by atoms with van der Waals surface area (Å²) in [5, 5.41) is 5.34. The molecule has 0 unspecified atom stereocenters. The first-order valence-electron chi connectivity index (χ1n) is 20.5. The minimum absolute atomic E-state index is 0. The van der Waals surface area contributed by atoms with Crippen LogP contribution < -0.4 is 52.9 Å². The minimum Gasteiger partial charge on any atom is -1.00 e. The summed E-state index contributed by atoms with van der Waals surface area (Å²) in [5.74, 6) is 0. The molecule has 0 fully saturated rings. The number of thioether (sulfide) groups is 2. The number of thiazole rings is 2. The van der Waals surface area contributed by atoms with Crippen LogP contribution in [0.2, 0.25) is 0 Å². The fourth-order valence-corrected chi connectivity index (χ4v) is 12.6. The molecule has 0 aliphatic carbocycles. The van der Waals surface area contributed by atoms with Gasteiger partial charge in [-0.05, 0) is 74.2 Å². The maximum absolute atomic E-state index is 2.56. The average molecular weight is 971 g/mol. The van der Waals surface area contributed by atoms with Crippen LogP contribution in [0.3, 0.4) is 0 Å². The third-order valence-corrected chi connectivity index (χ3v) is 15.6. The van der Waals surface area contributed by atoms with Crippen molar-refractivity contribution in [1.29, 1.82) is 0 Å². The second-order valence-corrected chi connectivity index (χ2v) is 19.1. The lowest BCUT2D eigenvalue weighted by Crippen LogP contribution is -3.00. The lowest BCUT2D eigenvalue weighted by atomic mass is 10.1. The molecule has 0 bridgehead atoms. The van der Waals surface area contributed by atoms with E-state index in [1.807, 2.05) is 46.2 Å². The van der Waals surface area contributed by atoms with Gasteiger partial charge in [0.2, 0.25) is 11.0 Å². The summed E-state index contributed by atoms with van der Waals surface area (Å²) < 4.78 is 7.84. The highest BCUT2D eigenvalue weighted by atomic mass is 79.9. The molecule has 0 amide bonds. The summed E-state index contributed by atoms with van der Waals surface area (Å²) in [5.41, 5.74) is 5.42. The van der Waals surface area contributed by atoms with E-state index in [0.29, 0.717) is 0 Å². The average Bonchev–Trinajstić information content (AvgIpc) is 3.97. The molecule has 0 spiro atoms. The van der Waals surface area contributed by atoms with Crippen LogP contribution in [0.25, 0.3) is 32.6 Å². The zero-order valence-electron chi connectivity index (χ0n) is 32.8. The Labute approximate surface area is 381 Å². The van der Waals surface area contributed by atoms with Gasteiger partial charge in [-0.25, -0.2) is 0 Å². The number of hydrogen-bond acceptors (Lipinski definition) is 6. The summed E-state index contributed by atoms with van der Waals surface area (Å²) >= 11 is 7.65. The van der Waals surface area contributed by atoms with Gasteiger partial charge in [-0.1, -0.05) is 133 Å². The van der Waals surface area contributed by atoms with Crippen molar-refractivity contribution in [3.63, 3.8) is 0 Å². The minimum atomic E-state index is 0. The van der Waals surface area contributed by atoms with Gasteiger partial charge >= 0.3 is 0 Å². The van der Waals surface area contributed by atoms with E-state index >= 15 is 0 Å². The van der Waals surface area contributed by atoms with Gasteiger partial charge < -0.3 is 43.8 Å². The SMILES string of the molecule is C1=C2\Sc3ccccc3N2CCCCCCCN2/C(=C/C=C/c3sc4ccccc4[n+]3CCCCCCC[n+]3c(sc4ccccc43)/C=C/1)Sc1ccccc12.[Br-].[Br-]. The van der Waals surface area contributed by atoms with Crippen molar-refractivity contribution in [1.82, 2.24) is 0 Å². The molecule has 4 nitrogen and oxygen atoms in total. The van der Waals surface area contributed by atoms with Crippen molar-refractivity contribution >= 4 is 90.2 Å². The van der Waals surface area contributed by atoms with E-state index in [2.05, 4.69) is 152 Å². The molecule has 0 N–H and O–H groups in total. The molecule has 300 valence electrons. The van der Waals surface area contributed by atoms with Crippen LogP contribution in [0.15, 0.2) is 141 Å². The van der Waals surface area contributed by atoms with Crippen molar-refractivity contribution in [2.45, 2.75) is 87.1 Å². The quantitative estimate of drug-likeness (QED) is 0.149. The number of benzene rings is 4. The summed E-state index contributed by atoms with van der Waals surface area (Å²) in [4.78, 5) is 7.84. The van der Waals surface area contributed by atoms with E-state index < -0.39 is 0 Å². The van der Waals surface area contributed by atoms with E-state index in [-0.39, 0.29) is 34.0 Å². The molecule has 5 heterocycles. The van der Waals surface area contributed by atoms with E-state index in [1.165, 1.54) is 126 Å². The van der Waals surface area contributed by atoms with Gasteiger partial charge in [-0.2, -0.15) is 9.13 Å². The predicted octanol–water partition coefficient (Wildman–Crippen LogP) is 7.25. The Morgan fingerprint density at radius 1 is 0.431 bits per heavy atom. The maximum Gasteiger partial charge on any atom is 0.262 e. The number of halogens is 2. The molecule has 3 aliphatic heterocycles. The molecule has 0 saturated carbocycles. The monoisotopic (exact) mass is 968 g/mol. The van der Waals surface area contributed by atoms with Crippen LogP contribution >= 0.6 is 46.2 Å². The Bertz CT molecular complexity index is 2280. The fraction of sp³-hybridized carbons (Fsp3) is 0.292. The van der Waals surface area contributed by atoms with E-state index in [4.69, 9.17) is 0 Å². The van der Waals surface area contributed by atoms with Gasteiger partial charge in [-0.3, -0.25) is 0 Å². The normalized spacial score (nSPS) is 19.9. The number of anilines is 2. The molecule has 2 aromatic heterocycles. The van der Waals surface area contributed by atoms with Gasteiger partial charge in [0.05, 0.1) is 21.4 Å². The zero-order chi connectivity index (χ0) is 37.5. The first kappa shape index (κ1) is 43.0. The van der Waals surface area contributed by atoms with Crippen LogP contribution in [0.4, 0.5) is 11.4 Å². The highest BCUT2D eigenvalue weighted by Gasteiger charge is 2.26. The molecular weight excluding hydrogens is 921 g/mol. The highest BCUT2D eigenvalue weighted by Crippen LogP contribution is 2.47. The van der Waals surface area contributed by atoms with Crippen molar-refractivity contribution < 1.29 is 43.1 Å². The summed E-state index contributed by atoms with van der Waals surface area (Å²) in [6.45, 7) is 4.23. The molecule has 3 aliphatic rings. The smallest absolute Gasteiger partial charge is 0.262 e. The first-order valence-corrected chi connectivity index (χ1v) is 23.8. The Balaban J connectivity index is 0.00000256. The van der Waals surface area contributed by atoms with Crippen molar-refractivity contribution in [3.8, 4) is 0 Å². The first-order chi connectivity index (χ1) is 27.8. The number of allylic oxidation sites excluding steroid dienone is 4. The largest absolute Gasteiger partial charge is 1.00 e. The second kappa shape index (κ2) is 20.9. The molecule has 6 aromatic rings. The van der Waals surface area contributed by atoms with Crippen molar-refractivity contribution in [3.05, 3.63) is 141 Å². The zero-order valence-corrected chi connectivity index (χ0v) is 39.2. The van der Waals surface area contributed by atoms with Crippen LogP contribution in [0, 0.1) is 0 Å². The van der Waals surface area contributed by atoms with Gasteiger partial charge in [-0.15, -0.1) is 0 Å². The van der Waals surface area contributed by atoms with Crippen molar-refractivity contribution in [2.24, 2.45) is 0 Å². The molecule has 0 atom stereocenters. The lowest BCUT2D eigenvalue weighted by molar-refractivity contribution is -0.669. The molecule has 0 saturated heterocycles. The predicted molar refractivity (Wildman–Crippen MR) is 244 cm³/mol. The summed E-state index contributed by atoms with van der Waals surface area (Å²) in [7, 11) is 0. The number of rotatable bonds is 0. The number of para-hydroxylation sites is 4. The Hall–Kier alpha value is -3.12. The Kier molecular flexibility index (Phi) is 15.5. The van der Waals surface area contributed by atoms with Crippen molar-refractivity contribution in [2.75, 3.05) is 22.9 Å². The molecule has 58 heavy (non-hydrogen) atoms. The maximum atomic E-state index is 2.56. The third kappa shape index (κ3) is 9.74. The molecule has 10 heteroatoms. The van der Waals surface area contributed by atoms with Crippen LogP contribution in [0.5, 0.6) is 0 Å². The van der Waals surface area contributed by atoms with E-state index in [0.717, 1.165) is 26.2 Å². The second-order valence-electron chi connectivity index (χ2n) is 14.8. The van der Waals surface area contributed by atoms with Crippen LogP contribution in [0.1, 0.15) is 74.2 Å². The lowest BCUT2D eigenvalue weighted by Gasteiger charge is -2.21.